The first-order valence-corrected chi connectivity index (χ1v) is 11.9. The highest BCUT2D eigenvalue weighted by Gasteiger charge is 2.76. The van der Waals surface area contributed by atoms with Gasteiger partial charge in [-0.1, -0.05) is 17.7 Å². The van der Waals surface area contributed by atoms with Crippen molar-refractivity contribution in [2.75, 3.05) is 13.2 Å². The number of likely N-dealkylation sites (tertiary alicyclic amines) is 1. The van der Waals surface area contributed by atoms with E-state index in [1.54, 1.807) is 6.92 Å². The zero-order valence-corrected chi connectivity index (χ0v) is 18.3. The van der Waals surface area contributed by atoms with Crippen molar-refractivity contribution in [1.82, 2.24) is 4.90 Å². The fraction of sp³-hybridized carbons (Fsp3) is 0.615. The lowest BCUT2D eigenvalue weighted by atomic mass is 9.36. The minimum Gasteiger partial charge on any atom is -0.489 e. The van der Waals surface area contributed by atoms with Crippen LogP contribution in [0.15, 0.2) is 29.3 Å². The number of Topliss-reactive ketones (excluding diaryl/α,β-unsaturated/α-hetero) is 1. The van der Waals surface area contributed by atoms with Crippen molar-refractivity contribution in [2.24, 2.45) is 17.3 Å². The van der Waals surface area contributed by atoms with Gasteiger partial charge in [0.1, 0.15) is 24.2 Å². The average Bonchev–Trinajstić information content (AvgIpc) is 3.34. The van der Waals surface area contributed by atoms with Gasteiger partial charge in [-0.15, -0.1) is 0 Å². The molecule has 2 spiro atoms. The van der Waals surface area contributed by atoms with Crippen LogP contribution in [0.25, 0.3) is 0 Å². The van der Waals surface area contributed by atoms with Crippen LogP contribution in [0.1, 0.15) is 57.1 Å². The molecule has 162 valence electrons. The molecule has 3 saturated carbocycles. The second kappa shape index (κ2) is 5.73. The van der Waals surface area contributed by atoms with E-state index < -0.39 is 0 Å². The summed E-state index contributed by atoms with van der Waals surface area (Å²) in [6.07, 6.45) is 5.63. The average molecular weight is 420 g/mol. The molecule has 3 unspecified atom stereocenters. The van der Waals surface area contributed by atoms with Crippen LogP contribution in [-0.4, -0.2) is 42.1 Å². The molecule has 8 rings (SSSR count). The van der Waals surface area contributed by atoms with Gasteiger partial charge in [0.2, 0.25) is 0 Å². The van der Waals surface area contributed by atoms with E-state index in [1.165, 1.54) is 22.3 Å². The predicted octanol–water partition coefficient (Wildman–Crippen LogP) is 4.18. The lowest BCUT2D eigenvalue weighted by Gasteiger charge is -2.70. The quantitative estimate of drug-likeness (QED) is 0.690. The van der Waals surface area contributed by atoms with E-state index in [-0.39, 0.29) is 40.8 Å². The Kier molecular flexibility index (Phi) is 3.38. The van der Waals surface area contributed by atoms with Crippen molar-refractivity contribution in [3.8, 4) is 5.75 Å². The lowest BCUT2D eigenvalue weighted by Crippen LogP contribution is -2.76. The van der Waals surface area contributed by atoms with Gasteiger partial charge in [0.25, 0.3) is 0 Å². The molecule has 5 aliphatic carbocycles. The Balaban J connectivity index is 1.35. The van der Waals surface area contributed by atoms with Gasteiger partial charge in [-0.2, -0.15) is 0 Å². The minimum atomic E-state index is -0.177. The van der Waals surface area contributed by atoms with Crippen LogP contribution in [0, 0.1) is 17.3 Å². The molecule has 2 aliphatic heterocycles. The normalized spacial score (nSPS) is 40.4. The second-order valence-corrected chi connectivity index (χ2v) is 10.9. The van der Waals surface area contributed by atoms with E-state index in [9.17, 15) is 9.59 Å². The van der Waals surface area contributed by atoms with Crippen LogP contribution in [0.3, 0.4) is 0 Å². The zero-order chi connectivity index (χ0) is 21.1. The predicted molar refractivity (Wildman–Crippen MR) is 114 cm³/mol. The molecule has 6 atom stereocenters. The smallest absolute Gasteiger partial charge is 0.410 e. The highest BCUT2D eigenvalue weighted by Crippen LogP contribution is 2.74. The van der Waals surface area contributed by atoms with Crippen molar-refractivity contribution < 1.29 is 19.1 Å². The summed E-state index contributed by atoms with van der Waals surface area (Å²) in [5.41, 5.74) is 5.22. The van der Waals surface area contributed by atoms with Gasteiger partial charge in [-0.05, 0) is 69.6 Å². The Labute approximate surface area is 182 Å². The number of hydrogen-bond acceptors (Lipinski definition) is 4. The summed E-state index contributed by atoms with van der Waals surface area (Å²) >= 11 is 0. The third-order valence-electron chi connectivity index (χ3n) is 9.86. The third kappa shape index (κ3) is 2.04. The highest BCUT2D eigenvalue weighted by molar-refractivity contribution is 5.80. The first-order chi connectivity index (χ1) is 15.0. The Hall–Kier alpha value is -2.30. The SMILES string of the molecule is CC(=O)C1CC23CCC1[C@@H]1Oc4cccc5c4[C@@]12CCN(C(=O)OCC1=C(C)C1)[C@@H]3C5. The summed E-state index contributed by atoms with van der Waals surface area (Å²) < 4.78 is 12.5. The number of benzene rings is 1. The fourth-order valence-electron chi connectivity index (χ4n) is 8.48. The molecule has 5 heteroatoms. The topological polar surface area (TPSA) is 55.8 Å². The van der Waals surface area contributed by atoms with Crippen molar-refractivity contribution in [3.63, 3.8) is 0 Å². The second-order valence-electron chi connectivity index (χ2n) is 10.9. The number of nitrogens with zero attached hydrogens (tertiary/aromatic N) is 1. The summed E-state index contributed by atoms with van der Waals surface area (Å²) in [5, 5.41) is 0. The van der Waals surface area contributed by atoms with Crippen LogP contribution in [0.2, 0.25) is 0 Å². The fourth-order valence-corrected chi connectivity index (χ4v) is 8.48. The van der Waals surface area contributed by atoms with E-state index in [2.05, 4.69) is 25.1 Å². The number of piperidine rings is 1. The number of ether oxygens (including phenoxy) is 2. The number of carbonyl (C=O) groups is 2. The Morgan fingerprint density at radius 3 is 2.90 bits per heavy atom. The van der Waals surface area contributed by atoms with Crippen LogP contribution in [-0.2, 0) is 21.4 Å². The molecule has 2 heterocycles. The Morgan fingerprint density at radius 2 is 2.13 bits per heavy atom. The molecule has 0 aromatic heterocycles. The van der Waals surface area contributed by atoms with E-state index in [0.717, 1.165) is 44.3 Å². The van der Waals surface area contributed by atoms with E-state index >= 15 is 0 Å². The molecule has 1 aromatic carbocycles. The first-order valence-electron chi connectivity index (χ1n) is 11.9. The van der Waals surface area contributed by atoms with E-state index in [1.807, 2.05) is 4.90 Å². The summed E-state index contributed by atoms with van der Waals surface area (Å²) in [6.45, 7) is 4.99. The van der Waals surface area contributed by atoms with Gasteiger partial charge in [0, 0.05) is 40.8 Å². The monoisotopic (exact) mass is 419 g/mol. The van der Waals surface area contributed by atoms with Crippen molar-refractivity contribution in [2.45, 2.75) is 69.9 Å². The van der Waals surface area contributed by atoms with Crippen LogP contribution < -0.4 is 4.74 Å². The van der Waals surface area contributed by atoms with Gasteiger partial charge in [0.05, 0.1) is 0 Å². The molecule has 1 aromatic rings. The summed E-state index contributed by atoms with van der Waals surface area (Å²) in [4.78, 5) is 28.0. The molecule has 1 amide bonds. The van der Waals surface area contributed by atoms with Crippen LogP contribution >= 0.6 is 0 Å². The molecular weight excluding hydrogens is 390 g/mol. The maximum atomic E-state index is 13.3. The maximum Gasteiger partial charge on any atom is 0.410 e. The van der Waals surface area contributed by atoms with Gasteiger partial charge in [-0.3, -0.25) is 4.79 Å². The lowest BCUT2D eigenvalue weighted by molar-refractivity contribution is -0.195. The number of carbonyl (C=O) groups excluding carboxylic acids is 2. The number of allylic oxidation sites excluding steroid dienone is 1. The zero-order valence-electron chi connectivity index (χ0n) is 18.3. The molecular formula is C26H29NO4. The summed E-state index contributed by atoms with van der Waals surface area (Å²) in [5.74, 6) is 1.66. The standard InChI is InChI=1S/C26H29NO4/c1-14-10-17(14)13-30-24(29)27-9-8-26-22-16-4-3-5-20(22)31-23(26)18-6-7-25(26,21(27)11-16)12-19(18)15(2)28/h3-5,18-19,21,23H,6-13H2,1-2H3/t18?,19?,21-,23+,25?,26+/m1/s1. The van der Waals surface area contributed by atoms with Gasteiger partial charge < -0.3 is 14.4 Å². The van der Waals surface area contributed by atoms with Gasteiger partial charge in [-0.25, -0.2) is 4.79 Å². The van der Waals surface area contributed by atoms with Crippen molar-refractivity contribution >= 4 is 11.9 Å². The number of amides is 1. The highest BCUT2D eigenvalue weighted by atomic mass is 16.6. The molecule has 4 fully saturated rings. The van der Waals surface area contributed by atoms with Crippen molar-refractivity contribution in [3.05, 3.63) is 40.5 Å². The summed E-state index contributed by atoms with van der Waals surface area (Å²) in [6, 6.07) is 6.52. The van der Waals surface area contributed by atoms with Crippen LogP contribution in [0.4, 0.5) is 4.79 Å². The maximum absolute atomic E-state index is 13.3. The molecule has 7 aliphatic rings. The molecule has 0 N–H and O–H groups in total. The number of fused-ring (bicyclic) bond motifs is 2. The molecule has 0 radical (unpaired) electrons. The molecule has 4 bridgehead atoms. The summed E-state index contributed by atoms with van der Waals surface area (Å²) in [7, 11) is 0. The molecule has 5 nitrogen and oxygen atoms in total. The molecule has 1 saturated heterocycles. The number of rotatable bonds is 3. The minimum absolute atomic E-state index is 0.0421. The third-order valence-corrected chi connectivity index (χ3v) is 9.86. The Morgan fingerprint density at radius 1 is 1.29 bits per heavy atom. The number of ketones is 1. The van der Waals surface area contributed by atoms with E-state index in [0.29, 0.717) is 19.1 Å². The number of hydrogen-bond donors (Lipinski definition) is 0. The Bertz CT molecular complexity index is 1080. The molecule has 31 heavy (non-hydrogen) atoms. The van der Waals surface area contributed by atoms with Crippen LogP contribution in [0.5, 0.6) is 5.75 Å². The largest absolute Gasteiger partial charge is 0.489 e. The first kappa shape index (κ1) is 18.3. The van der Waals surface area contributed by atoms with Gasteiger partial charge in [0.15, 0.2) is 0 Å². The van der Waals surface area contributed by atoms with Crippen molar-refractivity contribution in [1.29, 1.82) is 0 Å². The van der Waals surface area contributed by atoms with Gasteiger partial charge >= 0.3 is 6.09 Å². The van der Waals surface area contributed by atoms with E-state index in [4.69, 9.17) is 9.47 Å².